The molecule has 0 atom stereocenters. The van der Waals surface area contributed by atoms with Gasteiger partial charge in [-0.1, -0.05) is 73.1 Å². The number of fused-ring (bicyclic) bond motifs is 1. The molecule has 0 aliphatic heterocycles. The van der Waals surface area contributed by atoms with E-state index in [4.69, 9.17) is 21.1 Å². The van der Waals surface area contributed by atoms with Gasteiger partial charge in [0.25, 0.3) is 0 Å². The second kappa shape index (κ2) is 12.2. The van der Waals surface area contributed by atoms with Crippen LogP contribution < -0.4 is 14.8 Å². The van der Waals surface area contributed by atoms with Crippen LogP contribution in [0.25, 0.3) is 22.2 Å². The van der Waals surface area contributed by atoms with E-state index in [0.29, 0.717) is 13.2 Å². The predicted octanol–water partition coefficient (Wildman–Crippen LogP) is 7.75. The SMILES string of the molecule is CCNCCc1ccc(Cn2c(-c3ccc(OC)cc3)c(Cl)c3cc(OCc4ccccc4)ccc32)cc1. The molecule has 0 bridgehead atoms. The first-order valence-corrected chi connectivity index (χ1v) is 13.5. The fourth-order valence-electron chi connectivity index (χ4n) is 4.72. The van der Waals surface area contributed by atoms with Gasteiger partial charge in [-0.2, -0.15) is 0 Å². The van der Waals surface area contributed by atoms with Crippen molar-refractivity contribution < 1.29 is 9.47 Å². The Morgan fingerprint density at radius 1 is 0.789 bits per heavy atom. The molecule has 5 rings (SSSR count). The third kappa shape index (κ3) is 5.88. The fraction of sp³-hybridized carbons (Fsp3) is 0.212. The van der Waals surface area contributed by atoms with E-state index in [-0.39, 0.29) is 0 Å². The molecule has 0 saturated heterocycles. The van der Waals surface area contributed by atoms with E-state index >= 15 is 0 Å². The number of nitrogens with one attached hydrogen (secondary N) is 1. The number of benzene rings is 4. The standard InChI is InChI=1S/C33H33ClN2O2/c1-3-35-20-19-24-9-11-25(12-10-24)22-36-31-18-17-29(38-23-26-7-5-4-6-8-26)21-30(31)32(34)33(36)27-13-15-28(37-2)16-14-27/h4-18,21,35H,3,19-20,22-23H2,1-2H3. The highest BCUT2D eigenvalue weighted by atomic mass is 35.5. The van der Waals surface area contributed by atoms with Gasteiger partial charge in [-0.05, 0) is 84.2 Å². The number of methoxy groups -OCH3 is 1. The molecule has 0 aliphatic carbocycles. The van der Waals surface area contributed by atoms with Crippen LogP contribution in [0.15, 0.2) is 97.1 Å². The fourth-order valence-corrected chi connectivity index (χ4v) is 5.09. The Balaban J connectivity index is 1.49. The van der Waals surface area contributed by atoms with E-state index in [1.54, 1.807) is 7.11 Å². The van der Waals surface area contributed by atoms with Crippen LogP contribution in [-0.4, -0.2) is 24.8 Å². The Kier molecular flexibility index (Phi) is 8.32. The average molecular weight is 525 g/mol. The summed E-state index contributed by atoms with van der Waals surface area (Å²) in [5, 5.41) is 5.09. The molecule has 4 nitrogen and oxygen atoms in total. The molecule has 1 N–H and O–H groups in total. The molecule has 38 heavy (non-hydrogen) atoms. The number of rotatable bonds is 11. The van der Waals surface area contributed by atoms with Crippen LogP contribution in [0.4, 0.5) is 0 Å². The first-order valence-electron chi connectivity index (χ1n) is 13.1. The number of nitrogens with zero attached hydrogens (tertiary/aromatic N) is 1. The second-order valence-corrected chi connectivity index (χ2v) is 9.73. The van der Waals surface area contributed by atoms with Gasteiger partial charge in [0.2, 0.25) is 0 Å². The molecular formula is C33H33ClN2O2. The van der Waals surface area contributed by atoms with Gasteiger partial charge in [0, 0.05) is 11.9 Å². The zero-order valence-electron chi connectivity index (χ0n) is 21.9. The van der Waals surface area contributed by atoms with Gasteiger partial charge in [0.05, 0.1) is 23.3 Å². The maximum Gasteiger partial charge on any atom is 0.120 e. The smallest absolute Gasteiger partial charge is 0.120 e. The van der Waals surface area contributed by atoms with Crippen molar-refractivity contribution in [3.05, 3.63) is 119 Å². The van der Waals surface area contributed by atoms with Gasteiger partial charge in [-0.15, -0.1) is 0 Å². The Bertz CT molecular complexity index is 1480. The van der Waals surface area contributed by atoms with Crippen LogP contribution in [0.1, 0.15) is 23.6 Å². The van der Waals surface area contributed by atoms with Crippen LogP contribution in [0.3, 0.4) is 0 Å². The molecule has 194 valence electrons. The van der Waals surface area contributed by atoms with E-state index in [2.05, 4.69) is 71.4 Å². The van der Waals surface area contributed by atoms with Gasteiger partial charge < -0.3 is 19.4 Å². The Morgan fingerprint density at radius 2 is 1.50 bits per heavy atom. The summed E-state index contributed by atoms with van der Waals surface area (Å²) in [7, 11) is 1.68. The predicted molar refractivity (Wildman–Crippen MR) is 158 cm³/mol. The average Bonchev–Trinajstić information content (AvgIpc) is 3.24. The number of hydrogen-bond acceptors (Lipinski definition) is 3. The third-order valence-corrected chi connectivity index (χ3v) is 7.17. The molecule has 0 radical (unpaired) electrons. The molecule has 0 saturated carbocycles. The molecule has 1 aromatic heterocycles. The first-order chi connectivity index (χ1) is 18.7. The quantitative estimate of drug-likeness (QED) is 0.179. The van der Waals surface area contributed by atoms with E-state index in [0.717, 1.165) is 63.8 Å². The second-order valence-electron chi connectivity index (χ2n) is 9.35. The number of ether oxygens (including phenoxy) is 2. The summed E-state index contributed by atoms with van der Waals surface area (Å²) in [4.78, 5) is 0. The maximum absolute atomic E-state index is 7.11. The van der Waals surface area contributed by atoms with Crippen LogP contribution in [0.2, 0.25) is 5.02 Å². The molecule has 1 heterocycles. The van der Waals surface area contributed by atoms with Gasteiger partial charge in [-0.25, -0.2) is 0 Å². The minimum atomic E-state index is 0.510. The van der Waals surface area contributed by atoms with Crippen LogP contribution >= 0.6 is 11.6 Å². The summed E-state index contributed by atoms with van der Waals surface area (Å²) < 4.78 is 13.8. The lowest BCUT2D eigenvalue weighted by molar-refractivity contribution is 0.306. The molecule has 0 amide bonds. The van der Waals surface area contributed by atoms with Gasteiger partial charge in [-0.3, -0.25) is 0 Å². The maximum atomic E-state index is 7.11. The number of aromatic nitrogens is 1. The largest absolute Gasteiger partial charge is 0.497 e. The Morgan fingerprint density at radius 3 is 2.21 bits per heavy atom. The van der Waals surface area contributed by atoms with Crippen molar-refractivity contribution in [1.29, 1.82) is 0 Å². The molecule has 0 spiro atoms. The molecule has 4 aromatic carbocycles. The summed E-state index contributed by atoms with van der Waals surface area (Å²) in [6, 6.07) is 33.3. The highest BCUT2D eigenvalue weighted by Crippen LogP contribution is 2.40. The lowest BCUT2D eigenvalue weighted by Crippen LogP contribution is -2.16. The number of likely N-dealkylation sites (N-methyl/N-ethyl adjacent to an activating group) is 1. The van der Waals surface area contributed by atoms with Crippen LogP contribution in [0.5, 0.6) is 11.5 Å². The lowest BCUT2D eigenvalue weighted by Gasteiger charge is -2.13. The van der Waals surface area contributed by atoms with Crippen molar-refractivity contribution in [3.63, 3.8) is 0 Å². The molecule has 5 aromatic rings. The van der Waals surface area contributed by atoms with Crippen molar-refractivity contribution in [2.45, 2.75) is 26.5 Å². The first kappa shape index (κ1) is 25.9. The van der Waals surface area contributed by atoms with Crippen molar-refractivity contribution in [2.24, 2.45) is 0 Å². The topological polar surface area (TPSA) is 35.4 Å². The normalized spacial score (nSPS) is 11.1. The minimum Gasteiger partial charge on any atom is -0.497 e. The summed E-state index contributed by atoms with van der Waals surface area (Å²) >= 11 is 7.11. The third-order valence-electron chi connectivity index (χ3n) is 6.79. The molecule has 0 fully saturated rings. The molecular weight excluding hydrogens is 492 g/mol. The highest BCUT2D eigenvalue weighted by molar-refractivity contribution is 6.38. The zero-order chi connectivity index (χ0) is 26.3. The zero-order valence-corrected chi connectivity index (χ0v) is 22.7. The molecule has 0 unspecified atom stereocenters. The molecule has 5 heteroatoms. The van der Waals surface area contributed by atoms with Crippen LogP contribution in [0, 0.1) is 0 Å². The van der Waals surface area contributed by atoms with E-state index in [9.17, 15) is 0 Å². The van der Waals surface area contributed by atoms with Gasteiger partial charge in [0.15, 0.2) is 0 Å². The lowest BCUT2D eigenvalue weighted by atomic mass is 10.1. The van der Waals surface area contributed by atoms with E-state index in [1.807, 2.05) is 42.5 Å². The summed E-state index contributed by atoms with van der Waals surface area (Å²) in [5.41, 5.74) is 6.79. The van der Waals surface area contributed by atoms with Crippen molar-refractivity contribution in [2.75, 3.05) is 20.2 Å². The monoisotopic (exact) mass is 524 g/mol. The van der Waals surface area contributed by atoms with E-state index < -0.39 is 0 Å². The Hall–Kier alpha value is -3.73. The summed E-state index contributed by atoms with van der Waals surface area (Å²) in [5.74, 6) is 1.61. The highest BCUT2D eigenvalue weighted by Gasteiger charge is 2.19. The number of hydrogen-bond donors (Lipinski definition) is 1. The Labute approximate surface area is 229 Å². The van der Waals surface area contributed by atoms with Crippen molar-refractivity contribution in [3.8, 4) is 22.8 Å². The number of halogens is 1. The minimum absolute atomic E-state index is 0.510. The van der Waals surface area contributed by atoms with Gasteiger partial charge >= 0.3 is 0 Å². The van der Waals surface area contributed by atoms with Crippen molar-refractivity contribution >= 4 is 22.5 Å². The van der Waals surface area contributed by atoms with Crippen LogP contribution in [-0.2, 0) is 19.6 Å². The van der Waals surface area contributed by atoms with Gasteiger partial charge in [0.1, 0.15) is 18.1 Å². The molecule has 0 aliphatic rings. The summed E-state index contributed by atoms with van der Waals surface area (Å²) in [6.07, 6.45) is 1.02. The van der Waals surface area contributed by atoms with E-state index in [1.165, 1.54) is 11.1 Å². The summed E-state index contributed by atoms with van der Waals surface area (Å²) in [6.45, 7) is 5.34. The van der Waals surface area contributed by atoms with Crippen molar-refractivity contribution in [1.82, 2.24) is 9.88 Å².